The summed E-state index contributed by atoms with van der Waals surface area (Å²) in [6.07, 6.45) is 3.82. The molecule has 5 heteroatoms. The first kappa shape index (κ1) is 15.4. The van der Waals surface area contributed by atoms with Gasteiger partial charge in [0.05, 0.1) is 10.1 Å². The van der Waals surface area contributed by atoms with Crippen molar-refractivity contribution in [1.82, 2.24) is 0 Å². The second-order valence-electron chi connectivity index (χ2n) is 6.10. The monoisotopic (exact) mass is 357 g/mol. The first-order chi connectivity index (χ1) is 10.1. The molecule has 2 unspecified atom stereocenters. The summed E-state index contributed by atoms with van der Waals surface area (Å²) in [5.41, 5.74) is 7.37. The second kappa shape index (κ2) is 6.32. The zero-order valence-corrected chi connectivity index (χ0v) is 13.6. The maximum absolute atomic E-state index is 13.4. The number of benzene rings is 1. The zero-order chi connectivity index (χ0) is 14.9. The van der Waals surface area contributed by atoms with Crippen molar-refractivity contribution in [1.29, 1.82) is 0 Å². The van der Waals surface area contributed by atoms with Gasteiger partial charge in [0.15, 0.2) is 0 Å². The molecule has 0 aromatic heterocycles. The summed E-state index contributed by atoms with van der Waals surface area (Å²) in [7, 11) is 0. The summed E-state index contributed by atoms with van der Waals surface area (Å²) in [6.45, 7) is 2.29. The van der Waals surface area contributed by atoms with Crippen molar-refractivity contribution in [3.63, 3.8) is 0 Å². The fraction of sp³-hybridized carbons (Fsp3) is 0.625. The van der Waals surface area contributed by atoms with Crippen LogP contribution in [0.4, 0.5) is 4.39 Å². The molecule has 2 saturated heterocycles. The maximum Gasteiger partial charge on any atom is 0.137 e. The van der Waals surface area contributed by atoms with Gasteiger partial charge in [-0.3, -0.25) is 0 Å². The van der Waals surface area contributed by atoms with Gasteiger partial charge in [-0.1, -0.05) is 6.07 Å². The average molecular weight is 358 g/mol. The molecule has 0 radical (unpaired) electrons. The Morgan fingerprint density at radius 1 is 1.29 bits per heavy atom. The quantitative estimate of drug-likeness (QED) is 0.879. The molecule has 2 aliphatic rings. The molecular weight excluding hydrogens is 337 g/mol. The lowest BCUT2D eigenvalue weighted by Gasteiger charge is -2.44. The van der Waals surface area contributed by atoms with E-state index in [1.807, 2.05) is 0 Å². The van der Waals surface area contributed by atoms with Crippen LogP contribution in [0.1, 0.15) is 37.3 Å². The Bertz CT molecular complexity index is 500. The van der Waals surface area contributed by atoms with Gasteiger partial charge >= 0.3 is 0 Å². The summed E-state index contributed by atoms with van der Waals surface area (Å²) in [6, 6.07) is 4.98. The Kier molecular flexibility index (Phi) is 4.64. The van der Waals surface area contributed by atoms with Gasteiger partial charge in [0.1, 0.15) is 5.82 Å². The van der Waals surface area contributed by atoms with E-state index < -0.39 is 0 Å². The topological polar surface area (TPSA) is 44.5 Å². The van der Waals surface area contributed by atoms with Gasteiger partial charge in [0.2, 0.25) is 0 Å². The van der Waals surface area contributed by atoms with Crippen molar-refractivity contribution in [2.75, 3.05) is 19.8 Å². The van der Waals surface area contributed by atoms with Crippen LogP contribution >= 0.6 is 15.9 Å². The highest BCUT2D eigenvalue weighted by molar-refractivity contribution is 9.10. The predicted octanol–water partition coefficient (Wildman–Crippen LogP) is 3.56. The molecule has 2 heterocycles. The summed E-state index contributed by atoms with van der Waals surface area (Å²) >= 11 is 3.24. The number of hydrogen-bond acceptors (Lipinski definition) is 3. The number of rotatable bonds is 2. The number of hydrogen-bond donors (Lipinski definition) is 1. The SMILES string of the molecule is NC(c1ccc(F)c(Br)c1)C1CCOC2(CCOCC2)C1. The van der Waals surface area contributed by atoms with Gasteiger partial charge in [-0.05, 0) is 65.2 Å². The fourth-order valence-electron chi connectivity index (χ4n) is 3.46. The molecule has 2 atom stereocenters. The molecule has 1 aromatic carbocycles. The van der Waals surface area contributed by atoms with Crippen LogP contribution in [0.15, 0.2) is 22.7 Å². The van der Waals surface area contributed by atoms with Crippen LogP contribution in [-0.4, -0.2) is 25.4 Å². The standard InChI is InChI=1S/C16H21BrFNO2/c17-13-9-11(1-2-14(13)18)15(19)12-3-6-21-16(10-12)4-7-20-8-5-16/h1-2,9,12,15H,3-8,10,19H2. The van der Waals surface area contributed by atoms with Gasteiger partial charge in [0, 0.05) is 25.9 Å². The minimum Gasteiger partial charge on any atom is -0.381 e. The van der Waals surface area contributed by atoms with Crippen LogP contribution in [0.3, 0.4) is 0 Å². The van der Waals surface area contributed by atoms with Crippen LogP contribution in [0.25, 0.3) is 0 Å². The minimum atomic E-state index is -0.251. The first-order valence-corrected chi connectivity index (χ1v) is 8.31. The molecule has 21 heavy (non-hydrogen) atoms. The van der Waals surface area contributed by atoms with E-state index in [2.05, 4.69) is 15.9 Å². The zero-order valence-electron chi connectivity index (χ0n) is 12.0. The highest BCUT2D eigenvalue weighted by atomic mass is 79.9. The maximum atomic E-state index is 13.4. The third kappa shape index (κ3) is 3.31. The molecule has 0 bridgehead atoms. The molecule has 2 aliphatic heterocycles. The van der Waals surface area contributed by atoms with Crippen LogP contribution in [0, 0.1) is 11.7 Å². The minimum absolute atomic E-state index is 0.0595. The number of halogens is 2. The largest absolute Gasteiger partial charge is 0.381 e. The lowest BCUT2D eigenvalue weighted by atomic mass is 9.76. The Labute approximate surface area is 133 Å². The predicted molar refractivity (Wildman–Crippen MR) is 82.5 cm³/mol. The van der Waals surface area contributed by atoms with Crippen molar-refractivity contribution < 1.29 is 13.9 Å². The Balaban J connectivity index is 1.74. The molecule has 1 spiro atoms. The van der Waals surface area contributed by atoms with E-state index in [0.29, 0.717) is 10.4 Å². The Hall–Kier alpha value is -0.490. The van der Waals surface area contributed by atoms with Crippen LogP contribution in [-0.2, 0) is 9.47 Å². The number of nitrogens with two attached hydrogens (primary N) is 1. The lowest BCUT2D eigenvalue weighted by molar-refractivity contribution is -0.149. The highest BCUT2D eigenvalue weighted by Gasteiger charge is 2.40. The van der Waals surface area contributed by atoms with Gasteiger partial charge in [-0.15, -0.1) is 0 Å². The van der Waals surface area contributed by atoms with E-state index in [1.165, 1.54) is 6.07 Å². The summed E-state index contributed by atoms with van der Waals surface area (Å²) < 4.78 is 25.4. The molecule has 3 rings (SSSR count). The average Bonchev–Trinajstić information content (AvgIpc) is 2.50. The van der Waals surface area contributed by atoms with Crippen molar-refractivity contribution >= 4 is 15.9 Å². The summed E-state index contributed by atoms with van der Waals surface area (Å²) in [5.74, 6) is 0.119. The molecule has 116 valence electrons. The Morgan fingerprint density at radius 3 is 2.76 bits per heavy atom. The molecule has 2 fully saturated rings. The summed E-state index contributed by atoms with van der Waals surface area (Å²) in [4.78, 5) is 0. The highest BCUT2D eigenvalue weighted by Crippen LogP contribution is 2.41. The van der Waals surface area contributed by atoms with E-state index >= 15 is 0 Å². The summed E-state index contributed by atoms with van der Waals surface area (Å²) in [5, 5.41) is 0. The van der Waals surface area contributed by atoms with Crippen LogP contribution < -0.4 is 5.73 Å². The number of ether oxygens (including phenoxy) is 2. The third-order valence-corrected chi connectivity index (χ3v) is 5.38. The van der Waals surface area contributed by atoms with Crippen LogP contribution in [0.2, 0.25) is 0 Å². The van der Waals surface area contributed by atoms with E-state index in [0.717, 1.165) is 51.1 Å². The molecule has 3 nitrogen and oxygen atoms in total. The van der Waals surface area contributed by atoms with Crippen molar-refractivity contribution in [2.24, 2.45) is 11.7 Å². The van der Waals surface area contributed by atoms with Crippen molar-refractivity contribution in [3.8, 4) is 0 Å². The van der Waals surface area contributed by atoms with Gasteiger partial charge in [0.25, 0.3) is 0 Å². The van der Waals surface area contributed by atoms with Crippen molar-refractivity contribution in [3.05, 3.63) is 34.1 Å². The normalized spacial score (nSPS) is 26.7. The smallest absolute Gasteiger partial charge is 0.137 e. The van der Waals surface area contributed by atoms with Gasteiger partial charge in [-0.2, -0.15) is 0 Å². The van der Waals surface area contributed by atoms with Gasteiger partial charge in [-0.25, -0.2) is 4.39 Å². The van der Waals surface area contributed by atoms with E-state index in [4.69, 9.17) is 15.2 Å². The molecule has 2 N–H and O–H groups in total. The lowest BCUT2D eigenvalue weighted by Crippen LogP contribution is -2.46. The van der Waals surface area contributed by atoms with E-state index in [-0.39, 0.29) is 17.5 Å². The third-order valence-electron chi connectivity index (χ3n) is 4.77. The molecule has 0 amide bonds. The van der Waals surface area contributed by atoms with E-state index in [9.17, 15) is 4.39 Å². The molecular formula is C16H21BrFNO2. The van der Waals surface area contributed by atoms with Gasteiger partial charge < -0.3 is 15.2 Å². The van der Waals surface area contributed by atoms with Crippen LogP contribution in [0.5, 0.6) is 0 Å². The Morgan fingerprint density at radius 2 is 2.05 bits per heavy atom. The fourth-order valence-corrected chi connectivity index (χ4v) is 3.85. The second-order valence-corrected chi connectivity index (χ2v) is 6.95. The molecule has 0 saturated carbocycles. The van der Waals surface area contributed by atoms with E-state index in [1.54, 1.807) is 12.1 Å². The first-order valence-electron chi connectivity index (χ1n) is 7.52. The molecule has 0 aliphatic carbocycles. The van der Waals surface area contributed by atoms with Crippen molar-refractivity contribution in [2.45, 2.75) is 37.3 Å². The molecule has 1 aromatic rings.